The molecule has 0 aromatic heterocycles. The molecule has 5 nitrogen and oxygen atoms in total. The lowest BCUT2D eigenvalue weighted by molar-refractivity contribution is -0.131. The van der Waals surface area contributed by atoms with Crippen LogP contribution in [0.3, 0.4) is 0 Å². The van der Waals surface area contributed by atoms with Crippen LogP contribution in [0.1, 0.15) is 12.8 Å². The average molecular weight is 229 g/mol. The molecule has 6 heteroatoms. The summed E-state index contributed by atoms with van der Waals surface area (Å²) in [6.07, 6.45) is 1.48. The molecule has 84 valence electrons. The third-order valence-corrected chi connectivity index (χ3v) is 3.93. The predicted molar refractivity (Wildman–Crippen MR) is 58.6 cm³/mol. The van der Waals surface area contributed by atoms with Gasteiger partial charge in [0.15, 0.2) is 0 Å². The van der Waals surface area contributed by atoms with Gasteiger partial charge < -0.3 is 11.1 Å². The second-order valence-corrected chi connectivity index (χ2v) is 5.09. The molecule has 2 heterocycles. The van der Waals surface area contributed by atoms with E-state index in [-0.39, 0.29) is 11.9 Å². The van der Waals surface area contributed by atoms with Crippen LogP contribution in [0.2, 0.25) is 0 Å². The molecule has 2 aliphatic rings. The number of rotatable bonds is 2. The quantitative estimate of drug-likeness (QED) is 0.641. The van der Waals surface area contributed by atoms with Crippen molar-refractivity contribution < 1.29 is 9.59 Å². The van der Waals surface area contributed by atoms with Gasteiger partial charge in [-0.1, -0.05) is 0 Å². The number of hydrogen-bond acceptors (Lipinski definition) is 4. The number of amides is 3. The molecule has 2 fully saturated rings. The van der Waals surface area contributed by atoms with E-state index in [4.69, 9.17) is 5.73 Å². The fourth-order valence-corrected chi connectivity index (χ4v) is 3.26. The van der Waals surface area contributed by atoms with Gasteiger partial charge in [-0.2, -0.15) is 11.8 Å². The minimum Gasteiger partial charge on any atom is -0.329 e. The van der Waals surface area contributed by atoms with Crippen LogP contribution in [0, 0.1) is 0 Å². The Morgan fingerprint density at radius 2 is 2.07 bits per heavy atom. The highest BCUT2D eigenvalue weighted by Gasteiger charge is 2.50. The van der Waals surface area contributed by atoms with Crippen LogP contribution in [0.15, 0.2) is 0 Å². The second kappa shape index (κ2) is 4.02. The molecule has 0 atom stereocenters. The van der Waals surface area contributed by atoms with Crippen molar-refractivity contribution in [2.24, 2.45) is 5.73 Å². The molecule has 0 aromatic carbocycles. The van der Waals surface area contributed by atoms with E-state index < -0.39 is 5.54 Å². The number of imide groups is 1. The van der Waals surface area contributed by atoms with Crippen LogP contribution in [-0.2, 0) is 4.79 Å². The maximum Gasteiger partial charge on any atom is 0.325 e. The molecular weight excluding hydrogens is 214 g/mol. The molecule has 0 aliphatic carbocycles. The summed E-state index contributed by atoms with van der Waals surface area (Å²) in [7, 11) is 0. The molecule has 2 saturated heterocycles. The van der Waals surface area contributed by atoms with Crippen molar-refractivity contribution in [3.63, 3.8) is 0 Å². The van der Waals surface area contributed by atoms with E-state index in [0.717, 1.165) is 24.3 Å². The summed E-state index contributed by atoms with van der Waals surface area (Å²) in [4.78, 5) is 24.9. The molecular formula is C9H15N3O2S. The van der Waals surface area contributed by atoms with Crippen LogP contribution in [0.25, 0.3) is 0 Å². The van der Waals surface area contributed by atoms with Crippen molar-refractivity contribution in [3.8, 4) is 0 Å². The highest BCUT2D eigenvalue weighted by atomic mass is 32.2. The lowest BCUT2D eigenvalue weighted by Gasteiger charge is -2.30. The number of urea groups is 1. The third kappa shape index (κ3) is 1.72. The minimum absolute atomic E-state index is 0.0850. The van der Waals surface area contributed by atoms with Gasteiger partial charge in [0.1, 0.15) is 5.54 Å². The van der Waals surface area contributed by atoms with Gasteiger partial charge in [0, 0.05) is 13.1 Å². The largest absolute Gasteiger partial charge is 0.329 e. The van der Waals surface area contributed by atoms with Crippen molar-refractivity contribution in [1.29, 1.82) is 0 Å². The fraction of sp³-hybridized carbons (Fsp3) is 0.778. The van der Waals surface area contributed by atoms with Crippen molar-refractivity contribution in [2.45, 2.75) is 18.4 Å². The lowest BCUT2D eigenvalue weighted by atomic mass is 9.92. The van der Waals surface area contributed by atoms with Gasteiger partial charge >= 0.3 is 6.03 Å². The van der Waals surface area contributed by atoms with E-state index in [9.17, 15) is 9.59 Å². The van der Waals surface area contributed by atoms with Crippen molar-refractivity contribution in [2.75, 3.05) is 24.6 Å². The number of nitrogens with two attached hydrogens (primary N) is 1. The monoisotopic (exact) mass is 229 g/mol. The lowest BCUT2D eigenvalue weighted by Crippen LogP contribution is -2.49. The summed E-state index contributed by atoms with van der Waals surface area (Å²) >= 11 is 1.83. The van der Waals surface area contributed by atoms with Crippen LogP contribution < -0.4 is 11.1 Å². The van der Waals surface area contributed by atoms with E-state index in [1.807, 2.05) is 11.8 Å². The first-order valence-corrected chi connectivity index (χ1v) is 6.27. The zero-order valence-electron chi connectivity index (χ0n) is 8.49. The number of carbonyl (C=O) groups excluding carboxylic acids is 2. The Kier molecular flexibility index (Phi) is 2.88. The second-order valence-electron chi connectivity index (χ2n) is 3.87. The molecule has 3 N–H and O–H groups in total. The molecule has 0 unspecified atom stereocenters. The van der Waals surface area contributed by atoms with E-state index in [1.54, 1.807) is 0 Å². The SMILES string of the molecule is NCCN1C(=O)NC2(CCSCC2)C1=O. The summed E-state index contributed by atoms with van der Waals surface area (Å²) in [5, 5.41) is 2.82. The maximum absolute atomic E-state index is 12.1. The predicted octanol–water partition coefficient (Wildman–Crippen LogP) is -0.237. The van der Waals surface area contributed by atoms with Gasteiger partial charge in [0.05, 0.1) is 0 Å². The molecule has 0 radical (unpaired) electrons. The van der Waals surface area contributed by atoms with Crippen molar-refractivity contribution in [3.05, 3.63) is 0 Å². The minimum atomic E-state index is -0.614. The third-order valence-electron chi connectivity index (χ3n) is 2.94. The Balaban J connectivity index is 2.15. The summed E-state index contributed by atoms with van der Waals surface area (Å²) in [5.41, 5.74) is 4.76. The Hall–Kier alpha value is -0.750. The van der Waals surface area contributed by atoms with Crippen LogP contribution >= 0.6 is 11.8 Å². The first-order chi connectivity index (χ1) is 7.19. The van der Waals surface area contributed by atoms with E-state index in [0.29, 0.717) is 13.1 Å². The van der Waals surface area contributed by atoms with Gasteiger partial charge in [-0.05, 0) is 24.3 Å². The Bertz CT molecular complexity index is 289. The zero-order chi connectivity index (χ0) is 10.9. The standard InChI is InChI=1S/C9H15N3O2S/c10-3-4-12-7(13)9(11-8(12)14)1-5-15-6-2-9/h1-6,10H2,(H,11,14). The molecule has 3 amide bonds. The fourth-order valence-electron chi connectivity index (χ4n) is 2.07. The molecule has 0 saturated carbocycles. The number of nitrogens with one attached hydrogen (secondary N) is 1. The topological polar surface area (TPSA) is 75.4 Å². The molecule has 0 bridgehead atoms. The van der Waals surface area contributed by atoms with Gasteiger partial charge in [-0.15, -0.1) is 0 Å². The molecule has 2 rings (SSSR count). The Morgan fingerprint density at radius 1 is 1.40 bits per heavy atom. The summed E-state index contributed by atoms with van der Waals surface area (Å²) < 4.78 is 0. The van der Waals surface area contributed by atoms with Gasteiger partial charge in [-0.3, -0.25) is 9.69 Å². The average Bonchev–Trinajstić information content (AvgIpc) is 2.45. The molecule has 2 aliphatic heterocycles. The molecule has 0 aromatic rings. The van der Waals surface area contributed by atoms with Crippen LogP contribution in [-0.4, -0.2) is 47.0 Å². The number of carbonyl (C=O) groups is 2. The number of thioether (sulfide) groups is 1. The summed E-state index contributed by atoms with van der Waals surface area (Å²) in [6.45, 7) is 0.642. The summed E-state index contributed by atoms with van der Waals surface area (Å²) in [6, 6.07) is -0.280. The highest BCUT2D eigenvalue weighted by molar-refractivity contribution is 7.99. The van der Waals surface area contributed by atoms with E-state index in [2.05, 4.69) is 5.32 Å². The van der Waals surface area contributed by atoms with E-state index >= 15 is 0 Å². The molecule has 15 heavy (non-hydrogen) atoms. The first-order valence-electron chi connectivity index (χ1n) is 5.11. The van der Waals surface area contributed by atoms with Crippen LogP contribution in [0.4, 0.5) is 4.79 Å². The number of nitrogens with zero attached hydrogens (tertiary/aromatic N) is 1. The summed E-state index contributed by atoms with van der Waals surface area (Å²) in [5.74, 6) is 1.78. The van der Waals surface area contributed by atoms with Gasteiger partial charge in [0.2, 0.25) is 0 Å². The van der Waals surface area contributed by atoms with E-state index in [1.165, 1.54) is 4.90 Å². The maximum atomic E-state index is 12.1. The van der Waals surface area contributed by atoms with Crippen molar-refractivity contribution in [1.82, 2.24) is 10.2 Å². The highest BCUT2D eigenvalue weighted by Crippen LogP contribution is 2.32. The molecule has 1 spiro atoms. The van der Waals surface area contributed by atoms with Crippen LogP contribution in [0.5, 0.6) is 0 Å². The first kappa shape index (κ1) is 10.8. The Morgan fingerprint density at radius 3 is 2.67 bits per heavy atom. The number of hydrogen-bond donors (Lipinski definition) is 2. The zero-order valence-corrected chi connectivity index (χ0v) is 9.31. The normalized spacial score (nSPS) is 24.7. The Labute approximate surface area is 92.7 Å². The van der Waals surface area contributed by atoms with Crippen molar-refractivity contribution >= 4 is 23.7 Å². The smallest absolute Gasteiger partial charge is 0.325 e. The van der Waals surface area contributed by atoms with Gasteiger partial charge in [0.25, 0.3) is 5.91 Å². The van der Waals surface area contributed by atoms with Gasteiger partial charge in [-0.25, -0.2) is 4.79 Å².